The summed E-state index contributed by atoms with van der Waals surface area (Å²) in [6.07, 6.45) is 0.932. The Kier molecular flexibility index (Phi) is 8.80. The quantitative estimate of drug-likeness (QED) is 0.579. The molecule has 0 aliphatic heterocycles. The number of methoxy groups -OCH3 is 1. The average Bonchev–Trinajstić information content (AvgIpc) is 2.73. The number of amides is 1. The molecule has 0 radical (unpaired) electrons. The molecule has 0 bridgehead atoms. The molecule has 2 unspecified atom stereocenters. The van der Waals surface area contributed by atoms with Gasteiger partial charge >= 0.3 is 0 Å². The van der Waals surface area contributed by atoms with Crippen molar-refractivity contribution in [3.8, 4) is 17.2 Å². The Morgan fingerprint density at radius 3 is 2.45 bits per heavy atom. The van der Waals surface area contributed by atoms with E-state index >= 15 is 0 Å². The topological polar surface area (TPSA) is 68.8 Å². The second-order valence-corrected chi connectivity index (χ2v) is 6.79. The summed E-state index contributed by atoms with van der Waals surface area (Å²) >= 11 is 0. The van der Waals surface area contributed by atoms with Gasteiger partial charge in [0.2, 0.25) is 5.91 Å². The van der Waals surface area contributed by atoms with Gasteiger partial charge in [-0.1, -0.05) is 25.1 Å². The molecule has 0 aliphatic rings. The molecule has 0 aliphatic carbocycles. The summed E-state index contributed by atoms with van der Waals surface area (Å²) in [7, 11) is 1.63. The van der Waals surface area contributed by atoms with Crippen molar-refractivity contribution in [1.82, 2.24) is 5.32 Å². The van der Waals surface area contributed by atoms with E-state index in [-0.39, 0.29) is 11.9 Å². The minimum Gasteiger partial charge on any atom is -0.493 e. The summed E-state index contributed by atoms with van der Waals surface area (Å²) in [4.78, 5) is 12.7. The van der Waals surface area contributed by atoms with Gasteiger partial charge in [-0.2, -0.15) is 0 Å². The van der Waals surface area contributed by atoms with Crippen molar-refractivity contribution in [2.45, 2.75) is 46.2 Å². The smallest absolute Gasteiger partial charge is 0.241 e. The van der Waals surface area contributed by atoms with Crippen LogP contribution >= 0.6 is 0 Å². The van der Waals surface area contributed by atoms with Crippen molar-refractivity contribution >= 4 is 11.6 Å². The normalized spacial score (nSPS) is 12.7. The van der Waals surface area contributed by atoms with Crippen LogP contribution in [-0.4, -0.2) is 32.3 Å². The van der Waals surface area contributed by atoms with E-state index in [9.17, 15) is 4.79 Å². The fourth-order valence-corrected chi connectivity index (χ4v) is 2.92. The number of ether oxygens (including phenoxy) is 3. The third-order valence-electron chi connectivity index (χ3n) is 4.49. The predicted molar refractivity (Wildman–Crippen MR) is 116 cm³/mol. The maximum atomic E-state index is 12.7. The fourth-order valence-electron chi connectivity index (χ4n) is 2.92. The molecule has 0 saturated heterocycles. The van der Waals surface area contributed by atoms with Crippen LogP contribution in [0.4, 0.5) is 5.69 Å². The summed E-state index contributed by atoms with van der Waals surface area (Å²) in [5.41, 5.74) is 1.68. The molecule has 0 aromatic heterocycles. The van der Waals surface area contributed by atoms with Gasteiger partial charge in [-0.3, -0.25) is 10.1 Å². The number of para-hydroxylation sites is 2. The van der Waals surface area contributed by atoms with Gasteiger partial charge in [0.25, 0.3) is 0 Å². The van der Waals surface area contributed by atoms with E-state index in [0.29, 0.717) is 30.4 Å². The van der Waals surface area contributed by atoms with Gasteiger partial charge in [0.1, 0.15) is 5.75 Å². The summed E-state index contributed by atoms with van der Waals surface area (Å²) in [5, 5.41) is 6.27. The first kappa shape index (κ1) is 22.6. The van der Waals surface area contributed by atoms with Crippen LogP contribution in [0.3, 0.4) is 0 Å². The zero-order valence-electron chi connectivity index (χ0n) is 18.0. The Morgan fingerprint density at radius 2 is 1.76 bits per heavy atom. The van der Waals surface area contributed by atoms with Crippen LogP contribution in [0.5, 0.6) is 17.2 Å². The molecule has 2 atom stereocenters. The number of carbonyl (C=O) groups is 1. The molecule has 1 amide bonds. The number of rotatable bonds is 11. The molecule has 0 spiro atoms. The first-order chi connectivity index (χ1) is 14.0. The highest BCUT2D eigenvalue weighted by molar-refractivity contribution is 5.95. The lowest BCUT2D eigenvalue weighted by Gasteiger charge is -2.21. The lowest BCUT2D eigenvalue weighted by molar-refractivity contribution is -0.118. The van der Waals surface area contributed by atoms with Crippen LogP contribution < -0.4 is 24.8 Å². The van der Waals surface area contributed by atoms with Crippen molar-refractivity contribution in [3.63, 3.8) is 0 Å². The first-order valence-corrected chi connectivity index (χ1v) is 10.1. The molecule has 2 aromatic rings. The number of anilines is 1. The van der Waals surface area contributed by atoms with Crippen LogP contribution in [0, 0.1) is 0 Å². The van der Waals surface area contributed by atoms with Crippen molar-refractivity contribution in [2.75, 3.05) is 25.6 Å². The maximum absolute atomic E-state index is 12.7. The summed E-state index contributed by atoms with van der Waals surface area (Å²) in [5.74, 6) is 1.95. The zero-order chi connectivity index (χ0) is 21.2. The van der Waals surface area contributed by atoms with Crippen molar-refractivity contribution < 1.29 is 19.0 Å². The van der Waals surface area contributed by atoms with Crippen LogP contribution in [0.25, 0.3) is 0 Å². The van der Waals surface area contributed by atoms with Crippen LogP contribution in [0.15, 0.2) is 42.5 Å². The van der Waals surface area contributed by atoms with E-state index in [0.717, 1.165) is 17.7 Å². The first-order valence-electron chi connectivity index (χ1n) is 10.1. The highest BCUT2D eigenvalue weighted by Gasteiger charge is 2.19. The molecular formula is C23H32N2O4. The highest BCUT2D eigenvalue weighted by Crippen LogP contribution is 2.30. The molecule has 2 aromatic carbocycles. The van der Waals surface area contributed by atoms with Crippen LogP contribution in [0.2, 0.25) is 0 Å². The fraction of sp³-hybridized carbons (Fsp3) is 0.435. The van der Waals surface area contributed by atoms with E-state index in [1.54, 1.807) is 7.11 Å². The van der Waals surface area contributed by atoms with E-state index in [1.165, 1.54) is 0 Å². The van der Waals surface area contributed by atoms with E-state index in [2.05, 4.69) is 17.6 Å². The van der Waals surface area contributed by atoms with Crippen LogP contribution in [-0.2, 0) is 4.79 Å². The lowest BCUT2D eigenvalue weighted by atomic mass is 10.1. The molecule has 2 rings (SSSR count). The lowest BCUT2D eigenvalue weighted by Crippen LogP contribution is -2.39. The molecule has 6 nitrogen and oxygen atoms in total. The molecule has 6 heteroatoms. The Hall–Kier alpha value is -2.73. The van der Waals surface area contributed by atoms with E-state index in [1.807, 2.05) is 63.2 Å². The molecule has 29 heavy (non-hydrogen) atoms. The number of hydrogen-bond acceptors (Lipinski definition) is 5. The Balaban J connectivity index is 2.02. The third-order valence-corrected chi connectivity index (χ3v) is 4.49. The van der Waals surface area contributed by atoms with Crippen molar-refractivity contribution in [3.05, 3.63) is 48.0 Å². The van der Waals surface area contributed by atoms with Crippen molar-refractivity contribution in [1.29, 1.82) is 0 Å². The summed E-state index contributed by atoms with van der Waals surface area (Å²) in [6, 6.07) is 12.8. The molecule has 0 fully saturated rings. The average molecular weight is 401 g/mol. The second-order valence-electron chi connectivity index (χ2n) is 6.79. The Bertz CT molecular complexity index is 794. The van der Waals surface area contributed by atoms with Crippen molar-refractivity contribution in [2.24, 2.45) is 0 Å². The third kappa shape index (κ3) is 6.39. The highest BCUT2D eigenvalue weighted by atomic mass is 16.5. The molecular weight excluding hydrogens is 368 g/mol. The minimum atomic E-state index is -0.401. The molecule has 0 heterocycles. The van der Waals surface area contributed by atoms with E-state index in [4.69, 9.17) is 14.2 Å². The number of hydrogen-bond donors (Lipinski definition) is 2. The van der Waals surface area contributed by atoms with Crippen LogP contribution in [0.1, 0.15) is 45.7 Å². The van der Waals surface area contributed by atoms with Gasteiger partial charge in [-0.25, -0.2) is 0 Å². The largest absolute Gasteiger partial charge is 0.493 e. The second kappa shape index (κ2) is 11.3. The zero-order valence-corrected chi connectivity index (χ0v) is 18.0. The van der Waals surface area contributed by atoms with Gasteiger partial charge in [-0.05, 0) is 57.0 Å². The number of benzene rings is 2. The van der Waals surface area contributed by atoms with Gasteiger partial charge in [0.15, 0.2) is 11.5 Å². The SMILES string of the molecule is CCCOc1ccc(C(C)NC(C)C(=O)Nc2ccccc2OCC)cc1OC. The predicted octanol–water partition coefficient (Wildman–Crippen LogP) is 4.56. The minimum absolute atomic E-state index is 0.0491. The summed E-state index contributed by atoms with van der Waals surface area (Å²) in [6.45, 7) is 9.01. The van der Waals surface area contributed by atoms with Gasteiger partial charge < -0.3 is 19.5 Å². The summed E-state index contributed by atoms with van der Waals surface area (Å²) < 4.78 is 16.7. The van der Waals surface area contributed by atoms with Gasteiger partial charge in [0.05, 0.1) is 32.1 Å². The molecule has 0 saturated carbocycles. The molecule has 158 valence electrons. The number of carbonyl (C=O) groups excluding carboxylic acids is 1. The standard InChI is InChI=1S/C23H32N2O4/c1-6-14-29-21-13-12-18(15-22(21)27-5)16(3)24-17(4)23(26)25-19-10-8-9-11-20(19)28-7-2/h8-13,15-17,24H,6-7,14H2,1-5H3,(H,25,26). The monoisotopic (exact) mass is 400 g/mol. The van der Waals surface area contributed by atoms with Gasteiger partial charge in [-0.15, -0.1) is 0 Å². The maximum Gasteiger partial charge on any atom is 0.241 e. The van der Waals surface area contributed by atoms with E-state index < -0.39 is 6.04 Å². The number of nitrogens with one attached hydrogen (secondary N) is 2. The Labute approximate surface area is 173 Å². The Morgan fingerprint density at radius 1 is 1.00 bits per heavy atom. The van der Waals surface area contributed by atoms with Gasteiger partial charge in [0, 0.05) is 6.04 Å². The molecule has 2 N–H and O–H groups in total.